The minimum absolute atomic E-state index is 0.0773. The van der Waals surface area contributed by atoms with Gasteiger partial charge < -0.3 is 9.30 Å². The molecule has 1 aliphatic heterocycles. The highest BCUT2D eigenvalue weighted by Crippen LogP contribution is 2.31. The second-order valence-electron chi connectivity index (χ2n) is 9.74. The minimum Gasteiger partial charge on any atom is -0.381 e. The quantitative estimate of drug-likeness (QED) is 0.469. The topological polar surface area (TPSA) is 79.6 Å². The number of fused-ring (bicyclic) bond motifs is 1. The number of aryl methyl sites for hydroxylation is 1. The Morgan fingerprint density at radius 3 is 2.52 bits per heavy atom. The van der Waals surface area contributed by atoms with Crippen LogP contribution in [-0.4, -0.2) is 39.2 Å². The molecule has 7 nitrogen and oxygen atoms in total. The lowest BCUT2D eigenvalue weighted by molar-refractivity contribution is 0.0625. The molecular formula is C25H34N4O3S. The van der Waals surface area contributed by atoms with Gasteiger partial charge in [0.25, 0.3) is 0 Å². The molecule has 1 aliphatic rings. The summed E-state index contributed by atoms with van der Waals surface area (Å²) in [6, 6.07) is 13.0. The van der Waals surface area contributed by atoms with Gasteiger partial charge in [-0.2, -0.15) is 0 Å². The zero-order valence-corrected chi connectivity index (χ0v) is 20.7. The molecule has 1 atom stereocenters. The molecule has 2 heterocycles. The van der Waals surface area contributed by atoms with Gasteiger partial charge in [-0.05, 0) is 67.6 Å². The minimum atomic E-state index is -1.38. The summed E-state index contributed by atoms with van der Waals surface area (Å²) in [6.07, 6.45) is 3.39. The van der Waals surface area contributed by atoms with Crippen molar-refractivity contribution in [2.75, 3.05) is 30.0 Å². The average molecular weight is 471 g/mol. The van der Waals surface area contributed by atoms with Crippen LogP contribution in [0.5, 0.6) is 0 Å². The number of hydrogen-bond acceptors (Lipinski definition) is 5. The van der Waals surface area contributed by atoms with Crippen molar-refractivity contribution >= 4 is 33.4 Å². The van der Waals surface area contributed by atoms with Gasteiger partial charge in [-0.1, -0.05) is 20.8 Å². The maximum Gasteiger partial charge on any atom is 0.152 e. The van der Waals surface area contributed by atoms with Gasteiger partial charge in [-0.3, -0.25) is 15.0 Å². The van der Waals surface area contributed by atoms with Crippen LogP contribution in [0.4, 0.5) is 11.4 Å². The molecule has 2 aromatic carbocycles. The predicted octanol–water partition coefficient (Wildman–Crippen LogP) is 5.11. The summed E-state index contributed by atoms with van der Waals surface area (Å²) in [5, 5.41) is 9.00. The van der Waals surface area contributed by atoms with Gasteiger partial charge >= 0.3 is 0 Å². The lowest BCUT2D eigenvalue weighted by Crippen LogP contribution is -2.22. The van der Waals surface area contributed by atoms with Gasteiger partial charge in [0.2, 0.25) is 0 Å². The fourth-order valence-electron chi connectivity index (χ4n) is 4.36. The van der Waals surface area contributed by atoms with Gasteiger partial charge in [0.1, 0.15) is 5.82 Å². The Hall–Kier alpha value is -2.42. The van der Waals surface area contributed by atoms with Gasteiger partial charge in [-0.25, -0.2) is 9.19 Å². The van der Waals surface area contributed by atoms with Gasteiger partial charge in [0, 0.05) is 32.2 Å². The van der Waals surface area contributed by atoms with E-state index in [1.807, 2.05) is 19.2 Å². The summed E-state index contributed by atoms with van der Waals surface area (Å²) in [7, 11) is 0.444. The summed E-state index contributed by atoms with van der Waals surface area (Å²) < 4.78 is 22.7. The van der Waals surface area contributed by atoms with Crippen molar-refractivity contribution in [2.45, 2.75) is 56.9 Å². The molecule has 1 fully saturated rings. The highest BCUT2D eigenvalue weighted by Gasteiger charge is 2.24. The van der Waals surface area contributed by atoms with E-state index in [9.17, 15) is 4.21 Å². The zero-order valence-electron chi connectivity index (χ0n) is 19.9. The van der Waals surface area contributed by atoms with E-state index in [1.165, 1.54) is 0 Å². The fraction of sp³-hybridized carbons (Fsp3) is 0.480. The first kappa shape index (κ1) is 23.7. The van der Waals surface area contributed by atoms with E-state index in [4.69, 9.17) is 14.9 Å². The van der Waals surface area contributed by atoms with Crippen LogP contribution in [0.15, 0.2) is 47.4 Å². The van der Waals surface area contributed by atoms with Crippen molar-refractivity contribution in [3.05, 3.63) is 48.3 Å². The Labute approximate surface area is 198 Å². The maximum absolute atomic E-state index is 13.1. The summed E-state index contributed by atoms with van der Waals surface area (Å²) >= 11 is 0. The Bertz CT molecular complexity index is 1120. The second kappa shape index (κ2) is 9.83. The van der Waals surface area contributed by atoms with Gasteiger partial charge in [0.05, 0.1) is 27.3 Å². The van der Waals surface area contributed by atoms with Crippen LogP contribution >= 0.6 is 0 Å². The van der Waals surface area contributed by atoms with Crippen LogP contribution in [0.1, 0.15) is 45.9 Å². The molecule has 8 heteroatoms. The van der Waals surface area contributed by atoms with Crippen LogP contribution in [0.2, 0.25) is 0 Å². The fourth-order valence-corrected chi connectivity index (χ4v) is 5.35. The molecule has 33 heavy (non-hydrogen) atoms. The first-order chi connectivity index (χ1) is 15.8. The summed E-state index contributed by atoms with van der Waals surface area (Å²) in [6.45, 7) is 9.28. The molecule has 178 valence electrons. The SMILES string of the molecule is CN(c1ccc2c(c1)nc(C(C)(C)C)n2CCC1CCOCC1)S(=O)c1ccc(NO)cc1. The standard InChI is InChI=1S/C25H34N4O3S/c1-25(2,3)24-26-22-17-20(28(4)33(31)21-8-5-19(27-30)6-9-21)7-10-23(22)29(24)14-11-18-12-15-32-16-13-18/h5-10,17-18,27,30H,11-16H2,1-4H3. The smallest absolute Gasteiger partial charge is 0.152 e. The third kappa shape index (κ3) is 5.23. The average Bonchev–Trinajstić information content (AvgIpc) is 3.21. The van der Waals surface area contributed by atoms with Crippen molar-refractivity contribution < 1.29 is 14.2 Å². The van der Waals surface area contributed by atoms with Crippen molar-refractivity contribution in [3.63, 3.8) is 0 Å². The molecule has 0 amide bonds. The van der Waals surface area contributed by atoms with Crippen LogP contribution in [0.25, 0.3) is 11.0 Å². The van der Waals surface area contributed by atoms with E-state index in [0.29, 0.717) is 16.5 Å². The van der Waals surface area contributed by atoms with E-state index in [-0.39, 0.29) is 5.41 Å². The van der Waals surface area contributed by atoms with Crippen molar-refractivity contribution in [1.82, 2.24) is 9.55 Å². The lowest BCUT2D eigenvalue weighted by atomic mass is 9.94. The Kier molecular flexibility index (Phi) is 7.07. The molecule has 4 rings (SSSR count). The molecule has 0 radical (unpaired) electrons. The third-order valence-electron chi connectivity index (χ3n) is 6.30. The number of imidazole rings is 1. The highest BCUT2D eigenvalue weighted by molar-refractivity contribution is 7.86. The third-order valence-corrected chi connectivity index (χ3v) is 7.69. The lowest BCUT2D eigenvalue weighted by Gasteiger charge is -2.24. The van der Waals surface area contributed by atoms with E-state index < -0.39 is 11.0 Å². The number of anilines is 2. The van der Waals surface area contributed by atoms with Crippen LogP contribution in [0, 0.1) is 5.92 Å². The molecule has 1 unspecified atom stereocenters. The Balaban J connectivity index is 1.61. The molecule has 3 aromatic rings. The molecule has 0 aliphatic carbocycles. The number of hydrogen-bond donors (Lipinski definition) is 2. The maximum atomic E-state index is 13.1. The molecule has 0 bridgehead atoms. The van der Waals surface area contributed by atoms with Gasteiger partial charge in [-0.15, -0.1) is 0 Å². The number of aromatic nitrogens is 2. The van der Waals surface area contributed by atoms with E-state index in [1.54, 1.807) is 28.6 Å². The molecule has 1 aromatic heterocycles. The first-order valence-electron chi connectivity index (χ1n) is 11.5. The number of nitrogens with zero attached hydrogens (tertiary/aromatic N) is 3. The largest absolute Gasteiger partial charge is 0.381 e. The van der Waals surface area contributed by atoms with Crippen molar-refractivity contribution in [3.8, 4) is 0 Å². The van der Waals surface area contributed by atoms with Crippen LogP contribution in [-0.2, 0) is 27.7 Å². The molecule has 0 spiro atoms. The van der Waals surface area contributed by atoms with Crippen LogP contribution in [0.3, 0.4) is 0 Å². The number of ether oxygens (including phenoxy) is 1. The second-order valence-corrected chi connectivity index (χ2v) is 11.3. The summed E-state index contributed by atoms with van der Waals surface area (Å²) in [5.41, 5.74) is 5.46. The molecule has 0 saturated carbocycles. The molecular weight excluding hydrogens is 436 g/mol. The van der Waals surface area contributed by atoms with E-state index in [0.717, 1.165) is 61.6 Å². The van der Waals surface area contributed by atoms with E-state index >= 15 is 0 Å². The predicted molar refractivity (Wildman–Crippen MR) is 133 cm³/mol. The normalized spacial score (nSPS) is 16.2. The monoisotopic (exact) mass is 470 g/mol. The van der Waals surface area contributed by atoms with Gasteiger partial charge in [0.15, 0.2) is 11.0 Å². The Morgan fingerprint density at radius 1 is 1.18 bits per heavy atom. The van der Waals surface area contributed by atoms with Crippen molar-refractivity contribution in [1.29, 1.82) is 0 Å². The first-order valence-corrected chi connectivity index (χ1v) is 12.6. The number of nitrogens with one attached hydrogen (secondary N) is 1. The molecule has 1 saturated heterocycles. The summed E-state index contributed by atoms with van der Waals surface area (Å²) in [4.78, 5) is 5.68. The summed E-state index contributed by atoms with van der Waals surface area (Å²) in [5.74, 6) is 1.78. The Morgan fingerprint density at radius 2 is 1.88 bits per heavy atom. The zero-order chi connectivity index (χ0) is 23.6. The molecule has 2 N–H and O–H groups in total. The number of rotatable bonds is 7. The highest BCUT2D eigenvalue weighted by atomic mass is 32.2. The van der Waals surface area contributed by atoms with E-state index in [2.05, 4.69) is 36.9 Å². The van der Waals surface area contributed by atoms with Crippen molar-refractivity contribution in [2.24, 2.45) is 5.92 Å². The van der Waals surface area contributed by atoms with Crippen LogP contribution < -0.4 is 9.79 Å². The number of benzene rings is 2.